The standard InChI is InChI=1S/C14H18N6S/c1-9-11(19-6-7-21-14(19)16-9)8-15-10(2)13-18-17-12-4-3-5-20(12)13/h6-7,10,15H,3-5,8H2,1-2H3. The molecule has 0 aliphatic carbocycles. The highest BCUT2D eigenvalue weighted by Crippen LogP contribution is 2.21. The molecule has 0 bridgehead atoms. The van der Waals surface area contributed by atoms with Crippen LogP contribution < -0.4 is 5.32 Å². The molecular formula is C14H18N6S. The molecule has 3 aromatic rings. The van der Waals surface area contributed by atoms with E-state index in [4.69, 9.17) is 0 Å². The number of aryl methyl sites for hydroxylation is 2. The first kappa shape index (κ1) is 13.0. The van der Waals surface area contributed by atoms with Crippen LogP contribution in [0.15, 0.2) is 11.6 Å². The average molecular weight is 302 g/mol. The Morgan fingerprint density at radius 2 is 2.33 bits per heavy atom. The molecule has 0 spiro atoms. The zero-order valence-corrected chi connectivity index (χ0v) is 13.0. The Hall–Kier alpha value is -1.73. The molecule has 0 aromatic carbocycles. The van der Waals surface area contributed by atoms with Gasteiger partial charge in [-0.05, 0) is 20.3 Å². The molecule has 7 heteroatoms. The summed E-state index contributed by atoms with van der Waals surface area (Å²) in [5.41, 5.74) is 2.31. The average Bonchev–Trinajstić information content (AvgIpc) is 3.16. The van der Waals surface area contributed by atoms with Crippen LogP contribution in [-0.4, -0.2) is 24.1 Å². The summed E-state index contributed by atoms with van der Waals surface area (Å²) in [6.07, 6.45) is 4.31. The summed E-state index contributed by atoms with van der Waals surface area (Å²) in [5.74, 6) is 2.17. The van der Waals surface area contributed by atoms with Gasteiger partial charge in [-0.25, -0.2) is 4.98 Å². The number of nitrogens with one attached hydrogen (secondary N) is 1. The van der Waals surface area contributed by atoms with Crippen LogP contribution in [0.25, 0.3) is 4.96 Å². The minimum Gasteiger partial charge on any atom is -0.314 e. The van der Waals surface area contributed by atoms with Gasteiger partial charge >= 0.3 is 0 Å². The third-order valence-corrected chi connectivity index (χ3v) is 4.92. The topological polar surface area (TPSA) is 60.0 Å². The molecule has 1 N–H and O–H groups in total. The first-order valence-corrected chi connectivity index (χ1v) is 8.18. The summed E-state index contributed by atoms with van der Waals surface area (Å²) in [6, 6.07) is 0.188. The summed E-state index contributed by atoms with van der Waals surface area (Å²) in [5, 5.41) is 14.3. The summed E-state index contributed by atoms with van der Waals surface area (Å²) in [7, 11) is 0. The number of thiazole rings is 1. The van der Waals surface area contributed by atoms with Crippen LogP contribution in [0.2, 0.25) is 0 Å². The first-order chi connectivity index (χ1) is 10.2. The van der Waals surface area contributed by atoms with Gasteiger partial charge in [0.25, 0.3) is 0 Å². The molecular weight excluding hydrogens is 284 g/mol. The van der Waals surface area contributed by atoms with Gasteiger partial charge in [-0.3, -0.25) is 4.40 Å². The van der Waals surface area contributed by atoms with Crippen molar-refractivity contribution >= 4 is 16.3 Å². The molecule has 0 saturated heterocycles. The van der Waals surface area contributed by atoms with E-state index in [0.717, 1.165) is 41.8 Å². The van der Waals surface area contributed by atoms with E-state index in [1.807, 2.05) is 0 Å². The Labute approximate surface area is 126 Å². The molecule has 1 aliphatic heterocycles. The molecule has 0 saturated carbocycles. The van der Waals surface area contributed by atoms with Crippen molar-refractivity contribution in [2.45, 2.75) is 45.8 Å². The summed E-state index contributed by atoms with van der Waals surface area (Å²) in [6.45, 7) is 6.05. The predicted molar refractivity (Wildman–Crippen MR) is 81.4 cm³/mol. The normalized spacial score (nSPS) is 15.7. The fourth-order valence-corrected chi connectivity index (χ4v) is 3.77. The van der Waals surface area contributed by atoms with Gasteiger partial charge < -0.3 is 9.88 Å². The lowest BCUT2D eigenvalue weighted by atomic mass is 10.2. The molecule has 4 rings (SSSR count). The number of aromatic nitrogens is 5. The molecule has 21 heavy (non-hydrogen) atoms. The van der Waals surface area contributed by atoms with Crippen molar-refractivity contribution in [2.75, 3.05) is 0 Å². The fourth-order valence-electron chi connectivity index (χ4n) is 2.99. The Bertz CT molecular complexity index is 783. The zero-order valence-electron chi connectivity index (χ0n) is 12.2. The largest absolute Gasteiger partial charge is 0.314 e. The molecule has 0 fully saturated rings. The second-order valence-electron chi connectivity index (χ2n) is 5.53. The van der Waals surface area contributed by atoms with E-state index in [9.17, 15) is 0 Å². The van der Waals surface area contributed by atoms with Crippen LogP contribution in [0.5, 0.6) is 0 Å². The van der Waals surface area contributed by atoms with Crippen molar-refractivity contribution in [3.63, 3.8) is 0 Å². The van der Waals surface area contributed by atoms with E-state index < -0.39 is 0 Å². The van der Waals surface area contributed by atoms with E-state index in [1.54, 1.807) is 11.3 Å². The number of fused-ring (bicyclic) bond motifs is 2. The fraction of sp³-hybridized carbons (Fsp3) is 0.500. The van der Waals surface area contributed by atoms with E-state index in [0.29, 0.717) is 0 Å². The van der Waals surface area contributed by atoms with Crippen molar-refractivity contribution < 1.29 is 0 Å². The van der Waals surface area contributed by atoms with Crippen molar-refractivity contribution in [3.05, 3.63) is 34.6 Å². The van der Waals surface area contributed by atoms with Crippen molar-refractivity contribution in [2.24, 2.45) is 0 Å². The highest BCUT2D eigenvalue weighted by molar-refractivity contribution is 7.15. The number of nitrogens with zero attached hydrogens (tertiary/aromatic N) is 5. The van der Waals surface area contributed by atoms with Crippen LogP contribution >= 0.6 is 11.3 Å². The SMILES string of the molecule is Cc1nc2sccn2c1CNC(C)c1nnc2n1CCC2. The van der Waals surface area contributed by atoms with Gasteiger partial charge in [-0.2, -0.15) is 0 Å². The maximum atomic E-state index is 4.58. The third-order valence-electron chi connectivity index (χ3n) is 4.16. The van der Waals surface area contributed by atoms with Gasteiger partial charge in [0.05, 0.1) is 17.4 Å². The van der Waals surface area contributed by atoms with Gasteiger partial charge in [-0.15, -0.1) is 21.5 Å². The third kappa shape index (κ3) is 2.08. The number of hydrogen-bond acceptors (Lipinski definition) is 5. The minimum absolute atomic E-state index is 0.188. The lowest BCUT2D eigenvalue weighted by Crippen LogP contribution is -2.22. The van der Waals surface area contributed by atoms with Crippen LogP contribution in [0.4, 0.5) is 0 Å². The lowest BCUT2D eigenvalue weighted by molar-refractivity contribution is 0.510. The van der Waals surface area contributed by atoms with Crippen LogP contribution in [0, 0.1) is 6.92 Å². The lowest BCUT2D eigenvalue weighted by Gasteiger charge is -2.13. The van der Waals surface area contributed by atoms with Crippen molar-refractivity contribution in [3.8, 4) is 0 Å². The van der Waals surface area contributed by atoms with Crippen LogP contribution in [-0.2, 0) is 19.5 Å². The zero-order chi connectivity index (χ0) is 14.4. The molecule has 0 radical (unpaired) electrons. The minimum atomic E-state index is 0.188. The Morgan fingerprint density at radius 3 is 3.24 bits per heavy atom. The van der Waals surface area contributed by atoms with Gasteiger partial charge in [-0.1, -0.05) is 0 Å². The monoisotopic (exact) mass is 302 g/mol. The number of hydrogen-bond donors (Lipinski definition) is 1. The summed E-state index contributed by atoms with van der Waals surface area (Å²) >= 11 is 1.67. The van der Waals surface area contributed by atoms with E-state index >= 15 is 0 Å². The van der Waals surface area contributed by atoms with Gasteiger partial charge in [0.2, 0.25) is 0 Å². The highest BCUT2D eigenvalue weighted by Gasteiger charge is 2.21. The quantitative estimate of drug-likeness (QED) is 0.802. The second-order valence-corrected chi connectivity index (χ2v) is 6.40. The maximum Gasteiger partial charge on any atom is 0.194 e. The Kier molecular flexibility index (Phi) is 3.04. The summed E-state index contributed by atoms with van der Waals surface area (Å²) in [4.78, 5) is 5.64. The first-order valence-electron chi connectivity index (χ1n) is 7.30. The van der Waals surface area contributed by atoms with Crippen molar-refractivity contribution in [1.82, 2.24) is 29.5 Å². The van der Waals surface area contributed by atoms with Gasteiger partial charge in [0, 0.05) is 31.1 Å². The van der Waals surface area contributed by atoms with Gasteiger partial charge in [0.15, 0.2) is 4.96 Å². The van der Waals surface area contributed by atoms with E-state index in [2.05, 4.69) is 54.9 Å². The van der Waals surface area contributed by atoms with E-state index in [-0.39, 0.29) is 6.04 Å². The second kappa shape index (κ2) is 4.92. The predicted octanol–water partition coefficient (Wildman–Crippen LogP) is 2.09. The van der Waals surface area contributed by atoms with Crippen LogP contribution in [0.3, 0.4) is 0 Å². The molecule has 110 valence electrons. The van der Waals surface area contributed by atoms with E-state index in [1.165, 1.54) is 12.1 Å². The molecule has 1 atom stereocenters. The molecule has 0 amide bonds. The molecule has 1 aliphatic rings. The smallest absolute Gasteiger partial charge is 0.194 e. The Balaban J connectivity index is 1.53. The number of imidazole rings is 1. The number of rotatable bonds is 4. The van der Waals surface area contributed by atoms with Gasteiger partial charge in [0.1, 0.15) is 11.6 Å². The highest BCUT2D eigenvalue weighted by atomic mass is 32.1. The maximum absolute atomic E-state index is 4.58. The van der Waals surface area contributed by atoms with Crippen LogP contribution in [0.1, 0.15) is 42.4 Å². The Morgan fingerprint density at radius 1 is 1.43 bits per heavy atom. The van der Waals surface area contributed by atoms with Crippen molar-refractivity contribution in [1.29, 1.82) is 0 Å². The molecule has 3 aromatic heterocycles. The molecule has 6 nitrogen and oxygen atoms in total. The molecule has 1 unspecified atom stereocenters. The molecule has 4 heterocycles. The summed E-state index contributed by atoms with van der Waals surface area (Å²) < 4.78 is 4.41.